The van der Waals surface area contributed by atoms with Gasteiger partial charge in [-0.2, -0.15) is 0 Å². The summed E-state index contributed by atoms with van der Waals surface area (Å²) in [6.07, 6.45) is 1.35. The Bertz CT molecular complexity index is 1160. The van der Waals surface area contributed by atoms with Gasteiger partial charge in [-0.25, -0.2) is 9.78 Å². The summed E-state index contributed by atoms with van der Waals surface area (Å²) >= 11 is 0. The maximum Gasteiger partial charge on any atom is 0.343 e. The Kier molecular flexibility index (Phi) is 5.77. The molecule has 2 heterocycles. The Labute approximate surface area is 168 Å². The third kappa shape index (κ3) is 4.18. The molecule has 3 aromatic rings. The number of aromatic nitrogens is 2. The van der Waals surface area contributed by atoms with Crippen LogP contribution in [0.4, 0.5) is 5.69 Å². The van der Waals surface area contributed by atoms with Crippen LogP contribution in [0, 0.1) is 20.8 Å². The molecule has 7 nitrogen and oxygen atoms in total. The number of fused-ring (bicyclic) bond motifs is 1. The number of aryl methyl sites for hydroxylation is 2. The van der Waals surface area contributed by atoms with Gasteiger partial charge in [0.15, 0.2) is 0 Å². The van der Waals surface area contributed by atoms with Crippen LogP contribution in [0.2, 0.25) is 0 Å². The Morgan fingerprint density at radius 1 is 1.14 bits per heavy atom. The van der Waals surface area contributed by atoms with Crippen LogP contribution in [0.3, 0.4) is 0 Å². The third-order valence-corrected chi connectivity index (χ3v) is 4.75. The van der Waals surface area contributed by atoms with Gasteiger partial charge < -0.3 is 14.6 Å². The number of benzene rings is 1. The van der Waals surface area contributed by atoms with Crippen LogP contribution in [0.25, 0.3) is 11.0 Å². The summed E-state index contributed by atoms with van der Waals surface area (Å²) in [5, 5.41) is 3.15. The number of ether oxygens (including phenoxy) is 1. The van der Waals surface area contributed by atoms with E-state index in [0.29, 0.717) is 11.3 Å². The fourth-order valence-corrected chi connectivity index (χ4v) is 3.07. The number of anilines is 1. The summed E-state index contributed by atoms with van der Waals surface area (Å²) in [4.78, 5) is 42.1. The monoisotopic (exact) mass is 393 g/mol. The molecule has 1 amide bonds. The number of pyridine rings is 2. The van der Waals surface area contributed by atoms with Crippen LogP contribution in [0.15, 0.2) is 41.3 Å². The molecule has 0 fully saturated rings. The molecule has 1 aromatic carbocycles. The number of nitrogens with one attached hydrogen (secondary N) is 1. The number of amides is 1. The van der Waals surface area contributed by atoms with Crippen molar-refractivity contribution in [3.8, 4) is 0 Å². The van der Waals surface area contributed by atoms with Gasteiger partial charge in [-0.1, -0.05) is 12.1 Å². The van der Waals surface area contributed by atoms with Crippen molar-refractivity contribution in [1.82, 2.24) is 9.55 Å². The van der Waals surface area contributed by atoms with E-state index in [0.717, 1.165) is 16.8 Å². The molecule has 0 saturated heterocycles. The molecular formula is C22H23N3O4. The van der Waals surface area contributed by atoms with E-state index in [2.05, 4.69) is 10.3 Å². The SMILES string of the molecule is CCOC(=O)c1cn(CC(=O)Nc2cccc(C)c2C)c2nc(C)ccc2c1=O. The number of carbonyl (C=O) groups is 2. The Morgan fingerprint density at radius 2 is 1.90 bits per heavy atom. The van der Waals surface area contributed by atoms with Crippen LogP contribution in [-0.2, 0) is 16.1 Å². The maximum absolute atomic E-state index is 12.7. The zero-order valence-electron chi connectivity index (χ0n) is 16.9. The van der Waals surface area contributed by atoms with Crippen LogP contribution in [-0.4, -0.2) is 28.0 Å². The standard InChI is InChI=1S/C22H23N3O4/c1-5-29-22(28)17-11-25(21-16(20(17)27)10-9-14(3)23-21)12-19(26)24-18-8-6-7-13(2)15(18)4/h6-11H,5,12H2,1-4H3,(H,24,26). The van der Waals surface area contributed by atoms with E-state index in [1.807, 2.05) is 32.0 Å². The van der Waals surface area contributed by atoms with Gasteiger partial charge >= 0.3 is 5.97 Å². The molecule has 0 bridgehead atoms. The smallest absolute Gasteiger partial charge is 0.343 e. The van der Waals surface area contributed by atoms with Crippen molar-refractivity contribution in [1.29, 1.82) is 0 Å². The van der Waals surface area contributed by atoms with E-state index in [4.69, 9.17) is 4.74 Å². The predicted molar refractivity (Wildman–Crippen MR) is 111 cm³/mol. The van der Waals surface area contributed by atoms with Gasteiger partial charge in [0.05, 0.1) is 12.0 Å². The van der Waals surface area contributed by atoms with Crippen molar-refractivity contribution < 1.29 is 14.3 Å². The zero-order valence-corrected chi connectivity index (χ0v) is 16.9. The fourth-order valence-electron chi connectivity index (χ4n) is 3.07. The van der Waals surface area contributed by atoms with Crippen molar-refractivity contribution in [3.63, 3.8) is 0 Å². The first-order valence-corrected chi connectivity index (χ1v) is 9.35. The molecule has 7 heteroatoms. The molecule has 150 valence electrons. The topological polar surface area (TPSA) is 90.3 Å². The van der Waals surface area contributed by atoms with Crippen molar-refractivity contribution in [3.05, 3.63) is 69.1 Å². The maximum atomic E-state index is 12.7. The molecule has 0 unspecified atom stereocenters. The lowest BCUT2D eigenvalue weighted by Crippen LogP contribution is -2.25. The van der Waals surface area contributed by atoms with Gasteiger partial charge in [0.2, 0.25) is 11.3 Å². The minimum atomic E-state index is -0.719. The highest BCUT2D eigenvalue weighted by Crippen LogP contribution is 2.18. The second-order valence-electron chi connectivity index (χ2n) is 6.84. The van der Waals surface area contributed by atoms with E-state index < -0.39 is 11.4 Å². The lowest BCUT2D eigenvalue weighted by atomic mass is 10.1. The predicted octanol–water partition coefficient (Wildman–Crippen LogP) is 3.14. The molecule has 29 heavy (non-hydrogen) atoms. The molecule has 1 N–H and O–H groups in total. The minimum absolute atomic E-state index is 0.104. The lowest BCUT2D eigenvalue weighted by Gasteiger charge is -2.14. The largest absolute Gasteiger partial charge is 0.462 e. The Hall–Kier alpha value is -3.48. The molecule has 2 aromatic heterocycles. The van der Waals surface area contributed by atoms with E-state index in [1.54, 1.807) is 26.0 Å². The molecule has 0 aliphatic rings. The molecule has 3 rings (SSSR count). The Balaban J connectivity index is 2.03. The summed E-state index contributed by atoms with van der Waals surface area (Å²) in [6.45, 7) is 7.41. The lowest BCUT2D eigenvalue weighted by molar-refractivity contribution is -0.116. The van der Waals surface area contributed by atoms with E-state index in [1.165, 1.54) is 10.8 Å². The van der Waals surface area contributed by atoms with Crippen molar-refractivity contribution in [2.75, 3.05) is 11.9 Å². The van der Waals surface area contributed by atoms with Gasteiger partial charge in [-0.05, 0) is 57.0 Å². The summed E-state index contributed by atoms with van der Waals surface area (Å²) < 4.78 is 6.50. The third-order valence-electron chi connectivity index (χ3n) is 4.75. The molecule has 0 saturated carbocycles. The first-order valence-electron chi connectivity index (χ1n) is 9.35. The molecule has 0 aliphatic carbocycles. The molecule has 0 radical (unpaired) electrons. The highest BCUT2D eigenvalue weighted by molar-refractivity contribution is 5.95. The average Bonchev–Trinajstić information content (AvgIpc) is 2.67. The van der Waals surface area contributed by atoms with E-state index >= 15 is 0 Å². The summed E-state index contributed by atoms with van der Waals surface area (Å²) in [5.41, 5.74) is 3.23. The minimum Gasteiger partial charge on any atom is -0.462 e. The highest BCUT2D eigenvalue weighted by atomic mass is 16.5. The first-order chi connectivity index (χ1) is 13.8. The van der Waals surface area contributed by atoms with Gasteiger partial charge in [0.1, 0.15) is 17.8 Å². The average molecular weight is 393 g/mol. The molecule has 0 spiro atoms. The van der Waals surface area contributed by atoms with Crippen molar-refractivity contribution >= 4 is 28.6 Å². The molecule has 0 atom stereocenters. The number of carbonyl (C=O) groups excluding carboxylic acids is 2. The van der Waals surface area contributed by atoms with Crippen molar-refractivity contribution in [2.24, 2.45) is 0 Å². The molecular weight excluding hydrogens is 370 g/mol. The van der Waals surface area contributed by atoms with E-state index in [9.17, 15) is 14.4 Å². The second kappa shape index (κ2) is 8.26. The van der Waals surface area contributed by atoms with Gasteiger partial charge in [-0.3, -0.25) is 9.59 Å². The first kappa shape index (κ1) is 20.3. The molecule has 0 aliphatic heterocycles. The summed E-state index contributed by atoms with van der Waals surface area (Å²) in [7, 11) is 0. The van der Waals surface area contributed by atoms with Crippen molar-refractivity contribution in [2.45, 2.75) is 34.2 Å². The number of hydrogen-bond donors (Lipinski definition) is 1. The second-order valence-corrected chi connectivity index (χ2v) is 6.84. The summed E-state index contributed by atoms with van der Waals surface area (Å²) in [5.74, 6) is -1.01. The van der Waals surface area contributed by atoms with Crippen LogP contribution in [0.5, 0.6) is 0 Å². The number of esters is 1. The Morgan fingerprint density at radius 3 is 2.62 bits per heavy atom. The fraction of sp³-hybridized carbons (Fsp3) is 0.273. The zero-order chi connectivity index (χ0) is 21.1. The van der Waals surface area contributed by atoms with Crippen LogP contribution in [0.1, 0.15) is 34.1 Å². The normalized spacial score (nSPS) is 10.8. The van der Waals surface area contributed by atoms with Gasteiger partial charge in [0.25, 0.3) is 0 Å². The highest BCUT2D eigenvalue weighted by Gasteiger charge is 2.18. The quantitative estimate of drug-likeness (QED) is 0.673. The number of nitrogens with zero attached hydrogens (tertiary/aromatic N) is 2. The number of hydrogen-bond acceptors (Lipinski definition) is 5. The van der Waals surface area contributed by atoms with Crippen LogP contribution >= 0.6 is 0 Å². The van der Waals surface area contributed by atoms with Crippen LogP contribution < -0.4 is 10.7 Å². The number of rotatable bonds is 5. The van der Waals surface area contributed by atoms with Gasteiger partial charge in [0, 0.05) is 17.6 Å². The van der Waals surface area contributed by atoms with Gasteiger partial charge in [-0.15, -0.1) is 0 Å². The van der Waals surface area contributed by atoms with E-state index in [-0.39, 0.29) is 30.0 Å². The summed E-state index contributed by atoms with van der Waals surface area (Å²) in [6, 6.07) is 8.98.